The molecule has 0 unspecified atom stereocenters. The van der Waals surface area contributed by atoms with Gasteiger partial charge in [-0.2, -0.15) is 0 Å². The van der Waals surface area contributed by atoms with Gasteiger partial charge in [-0.1, -0.05) is 35.9 Å². The summed E-state index contributed by atoms with van der Waals surface area (Å²) < 4.78 is 23.0. The molecule has 0 bridgehead atoms. The number of para-hydroxylation sites is 1. The van der Waals surface area contributed by atoms with Crippen LogP contribution in [0.25, 0.3) is 6.08 Å². The largest absolute Gasteiger partial charge is 0.493 e. The molecule has 0 N–H and O–H groups in total. The fourth-order valence-corrected chi connectivity index (χ4v) is 4.67. The first kappa shape index (κ1) is 23.3. The topological polar surface area (TPSA) is 57.2 Å². The van der Waals surface area contributed by atoms with Crippen molar-refractivity contribution in [1.29, 1.82) is 0 Å². The number of hydrogen-bond acceptors (Lipinski definition) is 6. The van der Waals surface area contributed by atoms with Crippen LogP contribution in [-0.4, -0.2) is 38.2 Å². The number of carbonyl (C=O) groups excluding carboxylic acids is 1. The predicted octanol–water partition coefficient (Wildman–Crippen LogP) is 5.68. The molecule has 2 aliphatic rings. The predicted molar refractivity (Wildman–Crippen MR) is 135 cm³/mol. The maximum atomic E-state index is 13.3. The molecular weight excluding hydrogens is 466 g/mol. The lowest BCUT2D eigenvalue weighted by molar-refractivity contribution is 0.0954. The van der Waals surface area contributed by atoms with Crippen molar-refractivity contribution in [3.63, 3.8) is 0 Å². The Morgan fingerprint density at radius 1 is 1.09 bits per heavy atom. The van der Waals surface area contributed by atoms with E-state index in [4.69, 9.17) is 30.5 Å². The minimum Gasteiger partial charge on any atom is -0.493 e. The minimum absolute atomic E-state index is 0.158. The molecule has 6 nitrogen and oxygen atoms in total. The lowest BCUT2D eigenvalue weighted by Gasteiger charge is -2.30. The van der Waals surface area contributed by atoms with Crippen LogP contribution in [0.4, 0.5) is 0 Å². The quantitative estimate of drug-likeness (QED) is 0.414. The highest BCUT2D eigenvalue weighted by Crippen LogP contribution is 2.44. The van der Waals surface area contributed by atoms with E-state index < -0.39 is 0 Å². The second-order valence-corrected chi connectivity index (χ2v) is 9.03. The average Bonchev–Trinajstić information content (AvgIpc) is 3.18. The zero-order chi connectivity index (χ0) is 24.5. The van der Waals surface area contributed by atoms with Crippen LogP contribution >= 0.6 is 11.6 Å². The normalized spacial score (nSPS) is 15.9. The lowest BCUT2D eigenvalue weighted by Crippen LogP contribution is -2.34. The van der Waals surface area contributed by atoms with Gasteiger partial charge in [-0.05, 0) is 49.2 Å². The van der Waals surface area contributed by atoms with Crippen LogP contribution in [0.5, 0.6) is 23.0 Å². The van der Waals surface area contributed by atoms with Gasteiger partial charge in [-0.15, -0.1) is 0 Å². The average molecular weight is 492 g/mol. The summed E-state index contributed by atoms with van der Waals surface area (Å²) in [6.07, 6.45) is 2.58. The van der Waals surface area contributed by atoms with Gasteiger partial charge >= 0.3 is 0 Å². The van der Waals surface area contributed by atoms with Crippen LogP contribution in [-0.2, 0) is 13.0 Å². The standard InChI is InChI=1S/C28H26ClNO5/c1-17-26-20(15-30(16-34-26)12-11-18-7-9-21(29)10-8-18)13-22-25(31)24(35-27(17)22)14-19-5-4-6-23(32-2)28(19)33-3/h4-10,13-14H,11-12,15-16H2,1-3H3/b24-14-. The van der Waals surface area contributed by atoms with Gasteiger partial charge in [0.25, 0.3) is 0 Å². The highest BCUT2D eigenvalue weighted by molar-refractivity contribution is 6.30. The molecule has 0 amide bonds. The molecule has 2 aliphatic heterocycles. The van der Waals surface area contributed by atoms with Crippen molar-refractivity contribution in [1.82, 2.24) is 4.90 Å². The van der Waals surface area contributed by atoms with Crippen molar-refractivity contribution in [2.45, 2.75) is 19.9 Å². The summed E-state index contributed by atoms with van der Waals surface area (Å²) in [5.74, 6) is 2.57. The Morgan fingerprint density at radius 2 is 1.89 bits per heavy atom. The first-order chi connectivity index (χ1) is 17.0. The van der Waals surface area contributed by atoms with Crippen LogP contribution in [0.15, 0.2) is 54.3 Å². The monoisotopic (exact) mass is 491 g/mol. The van der Waals surface area contributed by atoms with Crippen molar-refractivity contribution < 1.29 is 23.7 Å². The molecule has 0 saturated heterocycles. The first-order valence-corrected chi connectivity index (χ1v) is 11.8. The molecule has 0 atom stereocenters. The summed E-state index contributed by atoms with van der Waals surface area (Å²) in [6, 6.07) is 15.3. The van der Waals surface area contributed by atoms with Crippen LogP contribution < -0.4 is 18.9 Å². The Kier molecular flexibility index (Phi) is 6.41. The summed E-state index contributed by atoms with van der Waals surface area (Å²) in [4.78, 5) is 15.5. The molecule has 2 heterocycles. The summed E-state index contributed by atoms with van der Waals surface area (Å²) in [7, 11) is 3.15. The molecule has 3 aromatic carbocycles. The molecule has 7 heteroatoms. The molecule has 0 spiro atoms. The molecule has 0 radical (unpaired) electrons. The van der Waals surface area contributed by atoms with E-state index in [1.807, 2.05) is 49.4 Å². The van der Waals surface area contributed by atoms with Crippen LogP contribution in [0.2, 0.25) is 5.02 Å². The Labute approximate surface area is 209 Å². The number of halogens is 1. The Balaban J connectivity index is 1.38. The van der Waals surface area contributed by atoms with Crippen molar-refractivity contribution in [3.8, 4) is 23.0 Å². The summed E-state index contributed by atoms with van der Waals surface area (Å²) >= 11 is 5.99. The minimum atomic E-state index is -0.158. The Morgan fingerprint density at radius 3 is 2.63 bits per heavy atom. The van der Waals surface area contributed by atoms with Gasteiger partial charge in [0.15, 0.2) is 17.3 Å². The maximum absolute atomic E-state index is 13.3. The van der Waals surface area contributed by atoms with E-state index in [0.717, 1.165) is 34.9 Å². The SMILES string of the molecule is COc1cccc(/C=C2\Oc3c(cc4c(c3C)OCN(CCc3ccc(Cl)cc3)C4)C2=O)c1OC. The van der Waals surface area contributed by atoms with Crippen molar-refractivity contribution >= 4 is 23.5 Å². The molecule has 5 rings (SSSR count). The van der Waals surface area contributed by atoms with Gasteiger partial charge in [-0.25, -0.2) is 0 Å². The number of hydrogen-bond donors (Lipinski definition) is 0. The summed E-state index contributed by atoms with van der Waals surface area (Å²) in [5.41, 5.74) is 4.30. The summed E-state index contributed by atoms with van der Waals surface area (Å²) in [6.45, 7) is 3.96. The number of nitrogens with zero attached hydrogens (tertiary/aromatic N) is 1. The van der Waals surface area contributed by atoms with Gasteiger partial charge in [0, 0.05) is 34.8 Å². The Hall–Kier alpha value is -3.48. The van der Waals surface area contributed by atoms with Crippen LogP contribution in [0.3, 0.4) is 0 Å². The van der Waals surface area contributed by atoms with E-state index in [1.54, 1.807) is 26.4 Å². The third kappa shape index (κ3) is 4.47. The second-order valence-electron chi connectivity index (χ2n) is 8.59. The van der Waals surface area contributed by atoms with Crippen LogP contribution in [0.1, 0.15) is 32.6 Å². The number of methoxy groups -OCH3 is 2. The van der Waals surface area contributed by atoms with Crippen LogP contribution in [0, 0.1) is 6.92 Å². The molecule has 180 valence electrons. The first-order valence-electron chi connectivity index (χ1n) is 11.4. The number of rotatable bonds is 6. The number of fused-ring (bicyclic) bond motifs is 2. The van der Waals surface area contributed by atoms with Gasteiger partial charge in [0.1, 0.15) is 18.2 Å². The van der Waals surface area contributed by atoms with Crippen molar-refractivity contribution in [2.24, 2.45) is 0 Å². The highest BCUT2D eigenvalue weighted by atomic mass is 35.5. The molecule has 0 fully saturated rings. The molecule has 0 aromatic heterocycles. The lowest BCUT2D eigenvalue weighted by atomic mass is 9.99. The number of ether oxygens (including phenoxy) is 4. The molecular formula is C28H26ClNO5. The van der Waals surface area contributed by atoms with Crippen molar-refractivity contribution in [2.75, 3.05) is 27.5 Å². The molecule has 0 aliphatic carbocycles. The van der Waals surface area contributed by atoms with E-state index in [-0.39, 0.29) is 11.5 Å². The Bertz CT molecular complexity index is 1320. The van der Waals surface area contributed by atoms with Crippen molar-refractivity contribution in [3.05, 3.63) is 87.1 Å². The summed E-state index contributed by atoms with van der Waals surface area (Å²) in [5, 5.41) is 0.735. The fourth-order valence-electron chi connectivity index (χ4n) is 4.55. The number of carbonyl (C=O) groups is 1. The number of allylic oxidation sites excluding steroid dienone is 1. The maximum Gasteiger partial charge on any atom is 0.231 e. The third-order valence-corrected chi connectivity index (χ3v) is 6.60. The van der Waals surface area contributed by atoms with E-state index in [2.05, 4.69) is 4.90 Å². The highest BCUT2D eigenvalue weighted by Gasteiger charge is 2.33. The smallest absolute Gasteiger partial charge is 0.231 e. The number of ketones is 1. The van der Waals surface area contributed by atoms with Gasteiger partial charge < -0.3 is 18.9 Å². The van der Waals surface area contributed by atoms with Gasteiger partial charge in [0.2, 0.25) is 5.78 Å². The zero-order valence-electron chi connectivity index (χ0n) is 19.9. The van der Waals surface area contributed by atoms with Gasteiger partial charge in [0.05, 0.1) is 19.8 Å². The van der Waals surface area contributed by atoms with E-state index in [1.165, 1.54) is 5.56 Å². The third-order valence-electron chi connectivity index (χ3n) is 6.35. The fraction of sp³-hybridized carbons (Fsp3) is 0.250. The van der Waals surface area contributed by atoms with E-state index >= 15 is 0 Å². The molecule has 0 saturated carbocycles. The number of benzene rings is 3. The second kappa shape index (κ2) is 9.64. The zero-order valence-corrected chi connectivity index (χ0v) is 20.6. The number of Topliss-reactive ketones (excluding diaryl/α,β-unsaturated/α-hetero) is 1. The molecule has 35 heavy (non-hydrogen) atoms. The van der Waals surface area contributed by atoms with E-state index in [0.29, 0.717) is 41.7 Å². The van der Waals surface area contributed by atoms with Gasteiger partial charge in [-0.3, -0.25) is 9.69 Å². The molecule has 3 aromatic rings. The van der Waals surface area contributed by atoms with E-state index in [9.17, 15) is 4.79 Å².